The molecule has 1 fully saturated rings. The van der Waals surface area contributed by atoms with Crippen LogP contribution in [0.15, 0.2) is 34.7 Å². The maximum Gasteiger partial charge on any atom is 0.247 e. The fourth-order valence-corrected chi connectivity index (χ4v) is 2.36. The molecule has 2 aromatic rings. The van der Waals surface area contributed by atoms with Crippen LogP contribution in [0.3, 0.4) is 0 Å². The van der Waals surface area contributed by atoms with Crippen molar-refractivity contribution in [1.82, 2.24) is 15.5 Å². The average Bonchev–Trinajstić information content (AvgIpc) is 2.98. The van der Waals surface area contributed by atoms with Gasteiger partial charge in [0.1, 0.15) is 0 Å². The smallest absolute Gasteiger partial charge is 0.247 e. The molecule has 0 unspecified atom stereocenters. The van der Waals surface area contributed by atoms with Crippen molar-refractivity contribution in [3.05, 3.63) is 36.2 Å². The second-order valence-corrected chi connectivity index (χ2v) is 5.05. The summed E-state index contributed by atoms with van der Waals surface area (Å²) in [5.74, 6) is 1.91. The number of hydrogen-bond acceptors (Lipinski definition) is 5. The third-order valence-corrected chi connectivity index (χ3v) is 3.54. The highest BCUT2D eigenvalue weighted by Crippen LogP contribution is 2.17. The fourth-order valence-electron chi connectivity index (χ4n) is 2.36. The van der Waals surface area contributed by atoms with Gasteiger partial charge in [-0.05, 0) is 37.4 Å². The Balaban J connectivity index is 1.50. The van der Waals surface area contributed by atoms with E-state index < -0.39 is 0 Å². The largest absolute Gasteiger partial charge is 0.419 e. The zero-order valence-corrected chi connectivity index (χ0v) is 11.4. The van der Waals surface area contributed by atoms with Crippen molar-refractivity contribution in [2.24, 2.45) is 5.92 Å². The summed E-state index contributed by atoms with van der Waals surface area (Å²) >= 11 is 0. The van der Waals surface area contributed by atoms with Gasteiger partial charge in [-0.25, -0.2) is 0 Å². The Labute approximate surface area is 118 Å². The van der Waals surface area contributed by atoms with Crippen molar-refractivity contribution in [2.45, 2.75) is 19.4 Å². The Morgan fingerprint density at radius 3 is 2.70 bits per heavy atom. The predicted molar refractivity (Wildman–Crippen MR) is 75.0 cm³/mol. The van der Waals surface area contributed by atoms with Gasteiger partial charge in [0.05, 0.1) is 6.54 Å². The molecule has 0 amide bonds. The molecule has 0 bridgehead atoms. The molecule has 5 nitrogen and oxygen atoms in total. The minimum Gasteiger partial charge on any atom is -0.419 e. The molecule has 2 heterocycles. The lowest BCUT2D eigenvalue weighted by Crippen LogP contribution is -2.27. The maximum atomic E-state index is 5.65. The minimum atomic E-state index is 0.577. The second-order valence-electron chi connectivity index (χ2n) is 5.05. The third kappa shape index (κ3) is 3.43. The first-order chi connectivity index (χ1) is 9.92. The number of rotatable bonds is 5. The molecule has 1 aromatic heterocycles. The standard InChI is InChI=1S/C15H19N3O2/c1-2-4-13(5-3-1)15-18-17-14(20-15)11-16-10-12-6-8-19-9-7-12/h1-5,12,16H,6-11H2. The summed E-state index contributed by atoms with van der Waals surface area (Å²) in [5.41, 5.74) is 0.954. The van der Waals surface area contributed by atoms with E-state index in [2.05, 4.69) is 15.5 Å². The van der Waals surface area contributed by atoms with Crippen LogP contribution >= 0.6 is 0 Å². The molecule has 1 aliphatic heterocycles. The molecular formula is C15H19N3O2. The first kappa shape index (κ1) is 13.3. The van der Waals surface area contributed by atoms with Gasteiger partial charge in [-0.2, -0.15) is 0 Å². The van der Waals surface area contributed by atoms with E-state index in [9.17, 15) is 0 Å². The van der Waals surface area contributed by atoms with Crippen LogP contribution in [0.4, 0.5) is 0 Å². The number of nitrogens with zero attached hydrogens (tertiary/aromatic N) is 2. The lowest BCUT2D eigenvalue weighted by Gasteiger charge is -2.21. The molecular weight excluding hydrogens is 254 g/mol. The van der Waals surface area contributed by atoms with Gasteiger partial charge in [0, 0.05) is 18.8 Å². The Morgan fingerprint density at radius 1 is 1.10 bits per heavy atom. The van der Waals surface area contributed by atoms with Gasteiger partial charge >= 0.3 is 0 Å². The number of benzene rings is 1. The van der Waals surface area contributed by atoms with Crippen molar-refractivity contribution >= 4 is 0 Å². The Hall–Kier alpha value is -1.72. The molecule has 106 valence electrons. The van der Waals surface area contributed by atoms with Crippen LogP contribution < -0.4 is 5.32 Å². The number of hydrogen-bond donors (Lipinski definition) is 1. The molecule has 3 rings (SSSR count). The minimum absolute atomic E-state index is 0.577. The van der Waals surface area contributed by atoms with Crippen LogP contribution in [0.1, 0.15) is 18.7 Å². The summed E-state index contributed by atoms with van der Waals surface area (Å²) in [5, 5.41) is 11.5. The number of nitrogens with one attached hydrogen (secondary N) is 1. The van der Waals surface area contributed by atoms with Crippen LogP contribution in [0.2, 0.25) is 0 Å². The summed E-state index contributed by atoms with van der Waals surface area (Å²) in [6.45, 7) is 3.36. The van der Waals surface area contributed by atoms with Crippen LogP contribution in [-0.4, -0.2) is 30.0 Å². The highest BCUT2D eigenvalue weighted by atomic mass is 16.5. The quantitative estimate of drug-likeness (QED) is 0.905. The molecule has 1 aliphatic rings. The number of ether oxygens (including phenoxy) is 1. The summed E-state index contributed by atoms with van der Waals surface area (Å²) in [7, 11) is 0. The van der Waals surface area contributed by atoms with E-state index in [1.54, 1.807) is 0 Å². The van der Waals surface area contributed by atoms with Crippen LogP contribution in [-0.2, 0) is 11.3 Å². The SMILES string of the molecule is c1ccc(-c2nnc(CNCC3CCOCC3)o2)cc1. The lowest BCUT2D eigenvalue weighted by molar-refractivity contribution is 0.0661. The van der Waals surface area contributed by atoms with Crippen molar-refractivity contribution in [3.63, 3.8) is 0 Å². The molecule has 0 saturated carbocycles. The maximum absolute atomic E-state index is 5.65. The van der Waals surface area contributed by atoms with Gasteiger partial charge in [0.25, 0.3) is 0 Å². The predicted octanol–water partition coefficient (Wildman–Crippen LogP) is 2.25. The van der Waals surface area contributed by atoms with E-state index in [0.29, 0.717) is 24.2 Å². The lowest BCUT2D eigenvalue weighted by atomic mass is 10.0. The molecule has 0 spiro atoms. The molecule has 1 aromatic carbocycles. The van der Waals surface area contributed by atoms with Crippen LogP contribution in [0, 0.1) is 5.92 Å². The van der Waals surface area contributed by atoms with Gasteiger partial charge in [-0.15, -0.1) is 10.2 Å². The average molecular weight is 273 g/mol. The normalized spacial score (nSPS) is 16.4. The Bertz CT molecular complexity index is 521. The topological polar surface area (TPSA) is 60.2 Å². The Morgan fingerprint density at radius 2 is 1.90 bits per heavy atom. The van der Waals surface area contributed by atoms with E-state index in [4.69, 9.17) is 9.15 Å². The molecule has 1 saturated heterocycles. The molecule has 0 atom stereocenters. The van der Waals surface area contributed by atoms with Crippen molar-refractivity contribution in [3.8, 4) is 11.5 Å². The van der Waals surface area contributed by atoms with Gasteiger partial charge < -0.3 is 14.5 Å². The zero-order chi connectivity index (χ0) is 13.6. The fraction of sp³-hybridized carbons (Fsp3) is 0.467. The van der Waals surface area contributed by atoms with Gasteiger partial charge in [0.2, 0.25) is 11.8 Å². The molecule has 20 heavy (non-hydrogen) atoms. The zero-order valence-electron chi connectivity index (χ0n) is 11.4. The van der Waals surface area contributed by atoms with E-state index in [0.717, 1.165) is 38.2 Å². The first-order valence-corrected chi connectivity index (χ1v) is 7.08. The van der Waals surface area contributed by atoms with Crippen LogP contribution in [0.25, 0.3) is 11.5 Å². The van der Waals surface area contributed by atoms with Gasteiger partial charge in [-0.1, -0.05) is 18.2 Å². The van der Waals surface area contributed by atoms with Crippen LogP contribution in [0.5, 0.6) is 0 Å². The van der Waals surface area contributed by atoms with Gasteiger partial charge in [0.15, 0.2) is 0 Å². The van der Waals surface area contributed by atoms with E-state index in [-0.39, 0.29) is 0 Å². The monoisotopic (exact) mass is 273 g/mol. The Kier molecular flexibility index (Phi) is 4.40. The van der Waals surface area contributed by atoms with Crippen molar-refractivity contribution in [2.75, 3.05) is 19.8 Å². The second kappa shape index (κ2) is 6.63. The third-order valence-electron chi connectivity index (χ3n) is 3.54. The molecule has 0 radical (unpaired) electrons. The van der Waals surface area contributed by atoms with E-state index in [1.807, 2.05) is 30.3 Å². The highest BCUT2D eigenvalue weighted by molar-refractivity contribution is 5.51. The summed E-state index contributed by atoms with van der Waals surface area (Å²) in [4.78, 5) is 0. The van der Waals surface area contributed by atoms with Gasteiger partial charge in [-0.3, -0.25) is 0 Å². The highest BCUT2D eigenvalue weighted by Gasteiger charge is 2.14. The molecule has 5 heteroatoms. The molecule has 0 aliphatic carbocycles. The molecule has 1 N–H and O–H groups in total. The summed E-state index contributed by atoms with van der Waals surface area (Å²) in [6, 6.07) is 9.82. The van der Waals surface area contributed by atoms with E-state index in [1.165, 1.54) is 0 Å². The number of aromatic nitrogens is 2. The summed E-state index contributed by atoms with van der Waals surface area (Å²) in [6.07, 6.45) is 2.26. The van der Waals surface area contributed by atoms with Crippen molar-refractivity contribution < 1.29 is 9.15 Å². The van der Waals surface area contributed by atoms with Crippen molar-refractivity contribution in [1.29, 1.82) is 0 Å². The first-order valence-electron chi connectivity index (χ1n) is 7.08. The summed E-state index contributed by atoms with van der Waals surface area (Å²) < 4.78 is 11.0. The van der Waals surface area contributed by atoms with E-state index >= 15 is 0 Å².